The number of nitrogens with zero attached hydrogens (tertiary/aromatic N) is 2. The molecule has 1 saturated heterocycles. The second-order valence-corrected chi connectivity index (χ2v) is 5.56. The number of halogens is 1. The lowest BCUT2D eigenvalue weighted by atomic mass is 10.0. The third kappa shape index (κ3) is 3.33. The first-order chi connectivity index (χ1) is 8.31. The largest absolute Gasteiger partial charge is 0.369 e. The van der Waals surface area contributed by atoms with Gasteiger partial charge in [-0.05, 0) is 30.3 Å². The van der Waals surface area contributed by atoms with Gasteiger partial charge < -0.3 is 5.32 Å². The summed E-state index contributed by atoms with van der Waals surface area (Å²) in [4.78, 5) is 18.7. The highest BCUT2D eigenvalue weighted by atomic mass is 35.5. The van der Waals surface area contributed by atoms with Crippen molar-refractivity contribution in [3.63, 3.8) is 0 Å². The minimum Gasteiger partial charge on any atom is -0.369 e. The summed E-state index contributed by atoms with van der Waals surface area (Å²) in [5.74, 6) is 3.64. The van der Waals surface area contributed by atoms with Crippen molar-refractivity contribution >= 4 is 35.5 Å². The molecular weight excluding hydrogens is 258 g/mol. The molecule has 1 N–H and O–H groups in total. The molecule has 1 aromatic heterocycles. The van der Waals surface area contributed by atoms with Gasteiger partial charge in [-0.3, -0.25) is 4.79 Å². The summed E-state index contributed by atoms with van der Waals surface area (Å²) in [5, 5.41) is 3.40. The van der Waals surface area contributed by atoms with Crippen LogP contribution < -0.4 is 5.32 Å². The Kier molecular flexibility index (Phi) is 4.62. The smallest absolute Gasteiger partial charge is 0.156 e. The fourth-order valence-electron chi connectivity index (χ4n) is 1.81. The summed E-state index contributed by atoms with van der Waals surface area (Å²) < 4.78 is 0. The number of thioether (sulfide) groups is 1. The molecule has 1 aromatic rings. The second kappa shape index (κ2) is 6.21. The molecule has 0 aliphatic carbocycles. The number of hydrogen-bond donors (Lipinski definition) is 1. The van der Waals surface area contributed by atoms with Crippen LogP contribution in [0.25, 0.3) is 0 Å². The molecule has 1 aliphatic rings. The van der Waals surface area contributed by atoms with Crippen molar-refractivity contribution < 1.29 is 4.79 Å². The SMILES string of the molecule is O=Cc1c(Cl)ncnc1NCC1CCSCC1. The van der Waals surface area contributed by atoms with E-state index >= 15 is 0 Å². The monoisotopic (exact) mass is 271 g/mol. The molecule has 2 rings (SSSR count). The highest BCUT2D eigenvalue weighted by Gasteiger charge is 2.15. The van der Waals surface area contributed by atoms with Crippen LogP contribution in [-0.4, -0.2) is 34.3 Å². The number of aldehydes is 1. The van der Waals surface area contributed by atoms with Gasteiger partial charge in [0.15, 0.2) is 6.29 Å². The zero-order valence-corrected chi connectivity index (χ0v) is 10.9. The Balaban J connectivity index is 1.98. The molecule has 0 spiro atoms. The summed E-state index contributed by atoms with van der Waals surface area (Å²) in [7, 11) is 0. The van der Waals surface area contributed by atoms with Crippen molar-refractivity contribution in [3.8, 4) is 0 Å². The van der Waals surface area contributed by atoms with Crippen molar-refractivity contribution in [1.29, 1.82) is 0 Å². The van der Waals surface area contributed by atoms with Gasteiger partial charge in [-0.15, -0.1) is 0 Å². The molecule has 17 heavy (non-hydrogen) atoms. The van der Waals surface area contributed by atoms with Gasteiger partial charge in [0.1, 0.15) is 17.3 Å². The highest BCUT2D eigenvalue weighted by Crippen LogP contribution is 2.24. The van der Waals surface area contributed by atoms with Gasteiger partial charge in [0.05, 0.1) is 5.56 Å². The summed E-state index contributed by atoms with van der Waals surface area (Å²) in [5.41, 5.74) is 0.347. The standard InChI is InChI=1S/C11H14ClN3OS/c12-10-9(6-16)11(15-7-14-10)13-5-8-1-3-17-4-2-8/h6-8H,1-5H2,(H,13,14,15). The summed E-state index contributed by atoms with van der Waals surface area (Å²) in [6.45, 7) is 0.842. The van der Waals surface area contributed by atoms with E-state index in [9.17, 15) is 4.79 Å². The number of hydrogen-bond acceptors (Lipinski definition) is 5. The van der Waals surface area contributed by atoms with Crippen molar-refractivity contribution in [3.05, 3.63) is 17.0 Å². The minimum atomic E-state index is 0.205. The van der Waals surface area contributed by atoms with Crippen molar-refractivity contribution in [2.24, 2.45) is 5.92 Å². The van der Waals surface area contributed by atoms with Crippen molar-refractivity contribution in [1.82, 2.24) is 9.97 Å². The Hall–Kier alpha value is -0.810. The average Bonchev–Trinajstić information content (AvgIpc) is 2.37. The van der Waals surface area contributed by atoms with E-state index in [1.807, 2.05) is 11.8 Å². The molecule has 0 saturated carbocycles. The Morgan fingerprint density at radius 1 is 1.47 bits per heavy atom. The molecule has 2 heterocycles. The fraction of sp³-hybridized carbons (Fsp3) is 0.545. The molecule has 1 fully saturated rings. The minimum absolute atomic E-state index is 0.205. The Bertz CT molecular complexity index is 396. The van der Waals surface area contributed by atoms with E-state index in [1.54, 1.807) is 0 Å². The van der Waals surface area contributed by atoms with Gasteiger partial charge in [0.25, 0.3) is 0 Å². The molecule has 0 unspecified atom stereocenters. The molecule has 1 aliphatic heterocycles. The van der Waals surface area contributed by atoms with E-state index in [0.717, 1.165) is 6.54 Å². The van der Waals surface area contributed by atoms with Gasteiger partial charge in [0, 0.05) is 6.54 Å². The number of carbonyl (C=O) groups is 1. The van der Waals surface area contributed by atoms with E-state index in [4.69, 9.17) is 11.6 Å². The number of carbonyl (C=O) groups excluding carboxylic acids is 1. The lowest BCUT2D eigenvalue weighted by molar-refractivity contribution is 0.112. The Morgan fingerprint density at radius 3 is 2.94 bits per heavy atom. The molecule has 0 amide bonds. The first kappa shape index (κ1) is 12.6. The molecule has 4 nitrogen and oxygen atoms in total. The number of rotatable bonds is 4. The van der Waals surface area contributed by atoms with Gasteiger partial charge in [-0.25, -0.2) is 9.97 Å². The van der Waals surface area contributed by atoms with Gasteiger partial charge in [-0.1, -0.05) is 11.6 Å². The normalized spacial score (nSPS) is 16.8. The topological polar surface area (TPSA) is 54.9 Å². The van der Waals surface area contributed by atoms with E-state index in [1.165, 1.54) is 30.7 Å². The first-order valence-corrected chi connectivity index (χ1v) is 7.12. The van der Waals surface area contributed by atoms with Crippen LogP contribution in [0.15, 0.2) is 6.33 Å². The number of aromatic nitrogens is 2. The van der Waals surface area contributed by atoms with E-state index < -0.39 is 0 Å². The molecule has 92 valence electrons. The summed E-state index contributed by atoms with van der Waals surface area (Å²) >= 11 is 7.83. The summed E-state index contributed by atoms with van der Waals surface area (Å²) in [6.07, 6.45) is 4.50. The molecular formula is C11H14ClN3OS. The molecule has 0 aromatic carbocycles. The van der Waals surface area contributed by atoms with Gasteiger partial charge >= 0.3 is 0 Å². The third-order valence-corrected chi connectivity index (χ3v) is 4.20. The average molecular weight is 272 g/mol. The Morgan fingerprint density at radius 2 is 2.24 bits per heavy atom. The van der Waals surface area contributed by atoms with Crippen molar-refractivity contribution in [2.75, 3.05) is 23.4 Å². The lowest BCUT2D eigenvalue weighted by Crippen LogP contribution is -2.20. The lowest BCUT2D eigenvalue weighted by Gasteiger charge is -2.22. The van der Waals surface area contributed by atoms with Crippen LogP contribution in [0.2, 0.25) is 5.15 Å². The fourth-order valence-corrected chi connectivity index (χ4v) is 3.19. The first-order valence-electron chi connectivity index (χ1n) is 5.58. The molecule has 6 heteroatoms. The second-order valence-electron chi connectivity index (χ2n) is 3.98. The van der Waals surface area contributed by atoms with Crippen LogP contribution in [0.1, 0.15) is 23.2 Å². The van der Waals surface area contributed by atoms with Crippen LogP contribution in [0.5, 0.6) is 0 Å². The maximum Gasteiger partial charge on any atom is 0.156 e. The van der Waals surface area contributed by atoms with E-state index in [2.05, 4.69) is 15.3 Å². The zero-order valence-electron chi connectivity index (χ0n) is 9.36. The summed E-state index contributed by atoms with van der Waals surface area (Å²) in [6, 6.07) is 0. The third-order valence-electron chi connectivity index (χ3n) is 2.85. The quantitative estimate of drug-likeness (QED) is 0.674. The van der Waals surface area contributed by atoms with Crippen LogP contribution in [0.3, 0.4) is 0 Å². The molecule has 0 atom stereocenters. The van der Waals surface area contributed by atoms with Crippen LogP contribution in [-0.2, 0) is 0 Å². The van der Waals surface area contributed by atoms with Crippen LogP contribution >= 0.6 is 23.4 Å². The number of nitrogens with one attached hydrogen (secondary N) is 1. The maximum absolute atomic E-state index is 10.9. The highest BCUT2D eigenvalue weighted by molar-refractivity contribution is 7.99. The molecule has 0 radical (unpaired) electrons. The zero-order chi connectivity index (χ0) is 12.1. The number of anilines is 1. The van der Waals surface area contributed by atoms with Crippen molar-refractivity contribution in [2.45, 2.75) is 12.8 Å². The van der Waals surface area contributed by atoms with E-state index in [0.29, 0.717) is 23.6 Å². The molecule has 0 bridgehead atoms. The van der Waals surface area contributed by atoms with Crippen LogP contribution in [0, 0.1) is 5.92 Å². The predicted molar refractivity (Wildman–Crippen MR) is 71.0 cm³/mol. The maximum atomic E-state index is 10.9. The van der Waals surface area contributed by atoms with Gasteiger partial charge in [-0.2, -0.15) is 11.8 Å². The Labute approximate surface area is 110 Å². The van der Waals surface area contributed by atoms with Crippen LogP contribution in [0.4, 0.5) is 5.82 Å². The van der Waals surface area contributed by atoms with E-state index in [-0.39, 0.29) is 5.15 Å². The predicted octanol–water partition coefficient (Wildman–Crippen LogP) is 2.50. The van der Waals surface area contributed by atoms with Gasteiger partial charge in [0.2, 0.25) is 0 Å².